The van der Waals surface area contributed by atoms with Crippen LogP contribution in [-0.2, 0) is 18.9 Å². The molecule has 0 amide bonds. The predicted molar refractivity (Wildman–Crippen MR) is 51.2 cm³/mol. The molecule has 1 rings (SSSR count). The van der Waals surface area contributed by atoms with Gasteiger partial charge in [-0.3, -0.25) is 0 Å². The van der Waals surface area contributed by atoms with Gasteiger partial charge in [-0.05, 0) is 0 Å². The van der Waals surface area contributed by atoms with Gasteiger partial charge in [0.25, 0.3) is 0 Å². The zero-order chi connectivity index (χ0) is 10.2. The minimum absolute atomic E-state index is 0.151. The molecule has 0 aromatic carbocycles. The molecule has 1 fully saturated rings. The highest BCUT2D eigenvalue weighted by atomic mass is 16.7. The van der Waals surface area contributed by atoms with Gasteiger partial charge in [-0.25, -0.2) is 0 Å². The first-order valence-electron chi connectivity index (χ1n) is 4.82. The Kier molecular flexibility index (Phi) is 6.05. The average molecular weight is 205 g/mol. The van der Waals surface area contributed by atoms with E-state index in [1.165, 1.54) is 0 Å². The first-order chi connectivity index (χ1) is 6.86. The highest BCUT2D eigenvalue weighted by Gasteiger charge is 2.14. The van der Waals surface area contributed by atoms with Gasteiger partial charge in [0.05, 0.1) is 25.9 Å². The van der Waals surface area contributed by atoms with Crippen molar-refractivity contribution in [2.24, 2.45) is 0 Å². The van der Waals surface area contributed by atoms with Gasteiger partial charge in [-0.15, -0.1) is 0 Å². The summed E-state index contributed by atoms with van der Waals surface area (Å²) >= 11 is 0. The third-order valence-electron chi connectivity index (χ3n) is 2.09. The minimum Gasteiger partial charge on any atom is -0.373 e. The summed E-state index contributed by atoms with van der Waals surface area (Å²) < 4.78 is 20.8. The number of rotatable bonds is 6. The van der Waals surface area contributed by atoms with Crippen LogP contribution in [0.5, 0.6) is 0 Å². The Morgan fingerprint density at radius 2 is 2.21 bits per heavy atom. The van der Waals surface area contributed by atoms with Crippen molar-refractivity contribution in [3.63, 3.8) is 0 Å². The molecular weight excluding hydrogens is 186 g/mol. The van der Waals surface area contributed by atoms with Crippen LogP contribution < -0.4 is 5.32 Å². The van der Waals surface area contributed by atoms with Crippen molar-refractivity contribution >= 4 is 0 Å². The van der Waals surface area contributed by atoms with E-state index in [9.17, 15) is 0 Å². The Labute approximate surface area is 84.7 Å². The molecule has 84 valence electrons. The highest BCUT2D eigenvalue weighted by molar-refractivity contribution is 4.65. The summed E-state index contributed by atoms with van der Waals surface area (Å²) in [6, 6.07) is 0. The number of ether oxygens (including phenoxy) is 4. The number of hydrogen-bond donors (Lipinski definition) is 1. The van der Waals surface area contributed by atoms with Crippen LogP contribution in [0.4, 0.5) is 0 Å². The third-order valence-corrected chi connectivity index (χ3v) is 2.09. The molecular formula is C9H19NO4. The zero-order valence-corrected chi connectivity index (χ0v) is 8.82. The molecule has 0 aromatic heterocycles. The lowest BCUT2D eigenvalue weighted by Crippen LogP contribution is -2.41. The molecule has 1 aliphatic heterocycles. The van der Waals surface area contributed by atoms with E-state index in [-0.39, 0.29) is 12.4 Å². The quantitative estimate of drug-likeness (QED) is 0.598. The Hall–Kier alpha value is -0.200. The van der Waals surface area contributed by atoms with Crippen LogP contribution in [0.1, 0.15) is 0 Å². The second-order valence-electron chi connectivity index (χ2n) is 3.14. The van der Waals surface area contributed by atoms with Crippen molar-refractivity contribution in [1.29, 1.82) is 0 Å². The second kappa shape index (κ2) is 7.14. The van der Waals surface area contributed by atoms with Crippen LogP contribution in [0.3, 0.4) is 0 Å². The number of hydrogen-bond acceptors (Lipinski definition) is 5. The Bertz CT molecular complexity index is 135. The smallest absolute Gasteiger partial charge is 0.180 e. The van der Waals surface area contributed by atoms with Gasteiger partial charge >= 0.3 is 0 Å². The van der Waals surface area contributed by atoms with E-state index in [1.807, 2.05) is 0 Å². The van der Waals surface area contributed by atoms with E-state index in [4.69, 9.17) is 18.9 Å². The fourth-order valence-corrected chi connectivity index (χ4v) is 1.25. The van der Waals surface area contributed by atoms with E-state index < -0.39 is 0 Å². The minimum atomic E-state index is -0.286. The molecule has 0 aliphatic carbocycles. The summed E-state index contributed by atoms with van der Waals surface area (Å²) in [5, 5.41) is 3.23. The normalized spacial score (nSPS) is 22.9. The average Bonchev–Trinajstić information content (AvgIpc) is 2.26. The molecule has 0 spiro atoms. The monoisotopic (exact) mass is 205 g/mol. The van der Waals surface area contributed by atoms with Gasteiger partial charge in [0.1, 0.15) is 0 Å². The summed E-state index contributed by atoms with van der Waals surface area (Å²) in [6.45, 7) is 3.55. The molecule has 1 heterocycles. The van der Waals surface area contributed by atoms with Crippen molar-refractivity contribution in [1.82, 2.24) is 5.32 Å². The SMILES string of the molecule is COC(COCC1CNCCO1)OC. The van der Waals surface area contributed by atoms with Crippen molar-refractivity contribution in [3.8, 4) is 0 Å². The number of morpholine rings is 1. The second-order valence-corrected chi connectivity index (χ2v) is 3.14. The van der Waals surface area contributed by atoms with Crippen LogP contribution in [0.2, 0.25) is 0 Å². The van der Waals surface area contributed by atoms with E-state index in [1.54, 1.807) is 14.2 Å². The molecule has 0 radical (unpaired) electrons. The van der Waals surface area contributed by atoms with Gasteiger partial charge in [-0.2, -0.15) is 0 Å². The van der Waals surface area contributed by atoms with E-state index in [2.05, 4.69) is 5.32 Å². The first kappa shape index (κ1) is 11.9. The molecule has 0 saturated carbocycles. The maximum atomic E-state index is 5.46. The van der Waals surface area contributed by atoms with Crippen LogP contribution in [0.15, 0.2) is 0 Å². The fourth-order valence-electron chi connectivity index (χ4n) is 1.25. The van der Waals surface area contributed by atoms with Crippen molar-refractivity contribution in [3.05, 3.63) is 0 Å². The summed E-state index contributed by atoms with van der Waals surface area (Å²) in [4.78, 5) is 0. The van der Waals surface area contributed by atoms with Crippen LogP contribution >= 0.6 is 0 Å². The Balaban J connectivity index is 2.01. The number of nitrogens with one attached hydrogen (secondary N) is 1. The molecule has 14 heavy (non-hydrogen) atoms. The summed E-state index contributed by atoms with van der Waals surface area (Å²) in [7, 11) is 3.19. The Morgan fingerprint density at radius 3 is 2.79 bits per heavy atom. The highest BCUT2D eigenvalue weighted by Crippen LogP contribution is 1.98. The standard InChI is InChI=1S/C9H19NO4/c1-11-9(12-2)7-13-6-8-5-10-3-4-14-8/h8-10H,3-7H2,1-2H3. The van der Waals surface area contributed by atoms with Gasteiger partial charge in [0.15, 0.2) is 6.29 Å². The van der Waals surface area contributed by atoms with Crippen LogP contribution in [0, 0.1) is 0 Å². The molecule has 1 unspecified atom stereocenters. The number of methoxy groups -OCH3 is 2. The lowest BCUT2D eigenvalue weighted by molar-refractivity contribution is -0.149. The largest absolute Gasteiger partial charge is 0.373 e. The summed E-state index contributed by atoms with van der Waals surface area (Å²) in [6.07, 6.45) is -0.135. The lowest BCUT2D eigenvalue weighted by Gasteiger charge is -2.24. The molecule has 5 heteroatoms. The molecule has 1 aliphatic rings. The van der Waals surface area contributed by atoms with Crippen LogP contribution in [0.25, 0.3) is 0 Å². The Morgan fingerprint density at radius 1 is 1.43 bits per heavy atom. The van der Waals surface area contributed by atoms with E-state index >= 15 is 0 Å². The van der Waals surface area contributed by atoms with E-state index in [0.717, 1.165) is 19.7 Å². The van der Waals surface area contributed by atoms with Gasteiger partial charge < -0.3 is 24.3 Å². The van der Waals surface area contributed by atoms with Gasteiger partial charge in [-0.1, -0.05) is 0 Å². The fraction of sp³-hybridized carbons (Fsp3) is 1.00. The van der Waals surface area contributed by atoms with Crippen molar-refractivity contribution in [2.45, 2.75) is 12.4 Å². The molecule has 0 bridgehead atoms. The summed E-state index contributed by atoms with van der Waals surface area (Å²) in [5.74, 6) is 0. The third kappa shape index (κ3) is 4.34. The molecule has 1 N–H and O–H groups in total. The predicted octanol–water partition coefficient (Wildman–Crippen LogP) is -0.390. The van der Waals surface area contributed by atoms with Gasteiger partial charge in [0.2, 0.25) is 0 Å². The topological polar surface area (TPSA) is 49.0 Å². The van der Waals surface area contributed by atoms with E-state index in [0.29, 0.717) is 13.2 Å². The summed E-state index contributed by atoms with van der Waals surface area (Å²) in [5.41, 5.74) is 0. The van der Waals surface area contributed by atoms with Crippen LogP contribution in [-0.4, -0.2) is 59.5 Å². The maximum absolute atomic E-state index is 5.46. The first-order valence-corrected chi connectivity index (χ1v) is 4.82. The molecule has 0 aromatic rings. The zero-order valence-electron chi connectivity index (χ0n) is 8.82. The maximum Gasteiger partial charge on any atom is 0.180 e. The van der Waals surface area contributed by atoms with Crippen molar-refractivity contribution < 1.29 is 18.9 Å². The molecule has 1 saturated heterocycles. The van der Waals surface area contributed by atoms with Crippen molar-refractivity contribution in [2.75, 3.05) is 47.1 Å². The lowest BCUT2D eigenvalue weighted by atomic mass is 10.3. The van der Waals surface area contributed by atoms with Gasteiger partial charge in [0, 0.05) is 27.3 Å². The molecule has 5 nitrogen and oxygen atoms in total. The molecule has 1 atom stereocenters.